The molecule has 1 aliphatic rings. The Bertz CT molecular complexity index is 583. The quantitative estimate of drug-likeness (QED) is 0.860. The summed E-state index contributed by atoms with van der Waals surface area (Å²) < 4.78 is 24.4. The molecular formula is C14H18ClNO3S. The van der Waals surface area contributed by atoms with Crippen molar-refractivity contribution in [1.29, 1.82) is 0 Å². The molecule has 0 N–H and O–H groups in total. The first-order valence-electron chi connectivity index (χ1n) is 6.64. The summed E-state index contributed by atoms with van der Waals surface area (Å²) in [6, 6.07) is 5.90. The lowest BCUT2D eigenvalue weighted by atomic mass is 10.0. The zero-order valence-corrected chi connectivity index (χ0v) is 13.0. The largest absolute Gasteiger partial charge is 0.342 e. The maximum atomic E-state index is 12.2. The number of rotatable bonds is 3. The third-order valence-electron chi connectivity index (χ3n) is 3.50. The van der Waals surface area contributed by atoms with Crippen LogP contribution in [0, 0.1) is 5.92 Å². The van der Waals surface area contributed by atoms with Gasteiger partial charge in [0, 0.05) is 18.1 Å². The first-order chi connectivity index (χ1) is 9.38. The van der Waals surface area contributed by atoms with Gasteiger partial charge in [-0.25, -0.2) is 8.42 Å². The highest BCUT2D eigenvalue weighted by atomic mass is 35.5. The fraction of sp³-hybridized carbons (Fsp3) is 0.500. The lowest BCUT2D eigenvalue weighted by Crippen LogP contribution is -2.42. The van der Waals surface area contributed by atoms with Crippen LogP contribution < -0.4 is 0 Å². The van der Waals surface area contributed by atoms with E-state index in [2.05, 4.69) is 6.92 Å². The van der Waals surface area contributed by atoms with Gasteiger partial charge in [0.2, 0.25) is 5.91 Å². The predicted octanol–water partition coefficient (Wildman–Crippen LogP) is 2.37. The van der Waals surface area contributed by atoms with Crippen LogP contribution in [0.2, 0.25) is 5.02 Å². The van der Waals surface area contributed by atoms with E-state index in [4.69, 9.17) is 11.6 Å². The summed E-state index contributed by atoms with van der Waals surface area (Å²) in [5.41, 5.74) is 0. The van der Waals surface area contributed by atoms with Gasteiger partial charge in [-0.2, -0.15) is 0 Å². The van der Waals surface area contributed by atoms with Crippen LogP contribution in [0.1, 0.15) is 19.8 Å². The van der Waals surface area contributed by atoms with E-state index < -0.39 is 15.6 Å². The number of likely N-dealkylation sites (tertiary alicyclic amines) is 1. The van der Waals surface area contributed by atoms with Crippen molar-refractivity contribution in [3.8, 4) is 0 Å². The zero-order valence-electron chi connectivity index (χ0n) is 11.4. The van der Waals surface area contributed by atoms with Gasteiger partial charge < -0.3 is 4.90 Å². The van der Waals surface area contributed by atoms with Crippen molar-refractivity contribution in [2.75, 3.05) is 18.8 Å². The fourth-order valence-electron chi connectivity index (χ4n) is 2.40. The average molecular weight is 316 g/mol. The van der Waals surface area contributed by atoms with Crippen molar-refractivity contribution < 1.29 is 13.2 Å². The Morgan fingerprint density at radius 1 is 1.35 bits per heavy atom. The molecule has 1 fully saturated rings. The Kier molecular flexibility index (Phi) is 4.70. The van der Waals surface area contributed by atoms with Crippen molar-refractivity contribution in [3.05, 3.63) is 29.3 Å². The number of piperidine rings is 1. The third kappa shape index (κ3) is 3.73. The molecular weight excluding hydrogens is 298 g/mol. The normalized spacial score (nSPS) is 19.9. The lowest BCUT2D eigenvalue weighted by Gasteiger charge is -2.30. The summed E-state index contributed by atoms with van der Waals surface area (Å²) in [4.78, 5) is 13.9. The van der Waals surface area contributed by atoms with Crippen molar-refractivity contribution in [3.63, 3.8) is 0 Å². The van der Waals surface area contributed by atoms with Gasteiger partial charge in [0.1, 0.15) is 5.75 Å². The molecule has 1 unspecified atom stereocenters. The van der Waals surface area contributed by atoms with Crippen LogP contribution in [0.5, 0.6) is 0 Å². The van der Waals surface area contributed by atoms with Gasteiger partial charge >= 0.3 is 0 Å². The van der Waals surface area contributed by atoms with Crippen molar-refractivity contribution in [1.82, 2.24) is 4.90 Å². The Morgan fingerprint density at radius 2 is 2.00 bits per heavy atom. The molecule has 2 rings (SSSR count). The van der Waals surface area contributed by atoms with E-state index in [1.54, 1.807) is 4.90 Å². The van der Waals surface area contributed by atoms with Gasteiger partial charge in [0.25, 0.3) is 0 Å². The molecule has 0 saturated carbocycles. The number of amides is 1. The maximum Gasteiger partial charge on any atom is 0.238 e. The van der Waals surface area contributed by atoms with Gasteiger partial charge in [-0.05, 0) is 43.0 Å². The summed E-state index contributed by atoms with van der Waals surface area (Å²) in [7, 11) is -3.59. The Balaban J connectivity index is 2.08. The molecule has 1 atom stereocenters. The van der Waals surface area contributed by atoms with Crippen LogP contribution in [0.25, 0.3) is 0 Å². The number of halogens is 1. The van der Waals surface area contributed by atoms with E-state index in [9.17, 15) is 13.2 Å². The van der Waals surface area contributed by atoms with Crippen LogP contribution in [-0.2, 0) is 14.6 Å². The van der Waals surface area contributed by atoms with Crippen LogP contribution in [0.3, 0.4) is 0 Å². The van der Waals surface area contributed by atoms with Gasteiger partial charge in [0.05, 0.1) is 4.90 Å². The van der Waals surface area contributed by atoms with E-state index in [1.165, 1.54) is 24.3 Å². The fourth-order valence-corrected chi connectivity index (χ4v) is 3.75. The van der Waals surface area contributed by atoms with Crippen LogP contribution in [-0.4, -0.2) is 38.1 Å². The molecule has 0 aliphatic carbocycles. The number of carbonyl (C=O) groups is 1. The molecule has 1 aromatic rings. The van der Waals surface area contributed by atoms with E-state index in [1.807, 2.05) is 0 Å². The standard InChI is InChI=1S/C14H18ClNO3S/c1-11-3-2-8-16(9-11)14(17)10-20(18,19)13-6-4-12(15)5-7-13/h4-7,11H,2-3,8-10H2,1H3. The Morgan fingerprint density at radius 3 is 2.60 bits per heavy atom. The van der Waals surface area contributed by atoms with Gasteiger partial charge in [-0.15, -0.1) is 0 Å². The summed E-state index contributed by atoms with van der Waals surface area (Å²) >= 11 is 5.74. The monoisotopic (exact) mass is 315 g/mol. The molecule has 20 heavy (non-hydrogen) atoms. The van der Waals surface area contributed by atoms with E-state index in [-0.39, 0.29) is 10.8 Å². The topological polar surface area (TPSA) is 54.5 Å². The van der Waals surface area contributed by atoms with Crippen molar-refractivity contribution >= 4 is 27.3 Å². The first-order valence-corrected chi connectivity index (χ1v) is 8.67. The second-order valence-electron chi connectivity index (χ2n) is 5.30. The van der Waals surface area contributed by atoms with Gasteiger partial charge in [-0.1, -0.05) is 18.5 Å². The minimum absolute atomic E-state index is 0.139. The minimum atomic E-state index is -3.59. The zero-order chi connectivity index (χ0) is 14.8. The molecule has 4 nitrogen and oxygen atoms in total. The molecule has 1 aliphatic heterocycles. The highest BCUT2D eigenvalue weighted by molar-refractivity contribution is 7.92. The molecule has 1 amide bonds. The average Bonchev–Trinajstić information content (AvgIpc) is 2.38. The Hall–Kier alpha value is -1.07. The smallest absolute Gasteiger partial charge is 0.238 e. The van der Waals surface area contributed by atoms with Crippen LogP contribution in [0.4, 0.5) is 0 Å². The molecule has 6 heteroatoms. The number of sulfone groups is 1. The summed E-state index contributed by atoms with van der Waals surface area (Å²) in [6.45, 7) is 3.38. The molecule has 1 saturated heterocycles. The minimum Gasteiger partial charge on any atom is -0.342 e. The molecule has 0 aromatic heterocycles. The van der Waals surface area contributed by atoms with Gasteiger partial charge in [0.15, 0.2) is 9.84 Å². The lowest BCUT2D eigenvalue weighted by molar-refractivity contribution is -0.130. The molecule has 1 heterocycles. The molecule has 110 valence electrons. The summed E-state index contributed by atoms with van der Waals surface area (Å²) in [5, 5.41) is 0.472. The number of nitrogens with zero attached hydrogens (tertiary/aromatic N) is 1. The van der Waals surface area contributed by atoms with Crippen LogP contribution in [0.15, 0.2) is 29.2 Å². The van der Waals surface area contributed by atoms with Crippen molar-refractivity contribution in [2.24, 2.45) is 5.92 Å². The van der Waals surface area contributed by atoms with E-state index in [0.29, 0.717) is 24.0 Å². The highest BCUT2D eigenvalue weighted by Gasteiger charge is 2.26. The second-order valence-corrected chi connectivity index (χ2v) is 7.73. The number of benzene rings is 1. The van der Waals surface area contributed by atoms with E-state index in [0.717, 1.165) is 12.8 Å². The first kappa shape index (κ1) is 15.3. The molecule has 0 spiro atoms. The molecule has 0 radical (unpaired) electrons. The van der Waals surface area contributed by atoms with Crippen molar-refractivity contribution in [2.45, 2.75) is 24.7 Å². The maximum absolute atomic E-state index is 12.2. The second kappa shape index (κ2) is 6.14. The summed E-state index contributed by atoms with van der Waals surface area (Å²) in [6.07, 6.45) is 2.03. The number of carbonyl (C=O) groups excluding carboxylic acids is 1. The van der Waals surface area contributed by atoms with Gasteiger partial charge in [-0.3, -0.25) is 4.79 Å². The highest BCUT2D eigenvalue weighted by Crippen LogP contribution is 2.18. The number of hydrogen-bond donors (Lipinski definition) is 0. The molecule has 0 bridgehead atoms. The van der Waals surface area contributed by atoms with E-state index >= 15 is 0 Å². The Labute approximate surface area is 124 Å². The summed E-state index contributed by atoms with van der Waals surface area (Å²) in [5.74, 6) is -0.348. The molecule has 1 aromatic carbocycles. The SMILES string of the molecule is CC1CCCN(C(=O)CS(=O)(=O)c2ccc(Cl)cc2)C1. The number of hydrogen-bond acceptors (Lipinski definition) is 3. The third-order valence-corrected chi connectivity index (χ3v) is 5.37. The predicted molar refractivity (Wildman–Crippen MR) is 78.5 cm³/mol. The van der Waals surface area contributed by atoms with Crippen LogP contribution >= 0.6 is 11.6 Å².